The van der Waals surface area contributed by atoms with Crippen molar-refractivity contribution in [3.05, 3.63) is 35.4 Å². The molecule has 0 aromatic heterocycles. The zero-order valence-corrected chi connectivity index (χ0v) is 10.9. The molecule has 2 nitrogen and oxygen atoms in total. The summed E-state index contributed by atoms with van der Waals surface area (Å²) >= 11 is 0. The van der Waals surface area contributed by atoms with Gasteiger partial charge in [-0.15, -0.1) is 0 Å². The Balaban J connectivity index is 2.31. The average Bonchev–Trinajstić information content (AvgIpc) is 2.82. The van der Waals surface area contributed by atoms with E-state index in [1.807, 2.05) is 19.9 Å². The molecule has 1 aromatic carbocycles. The summed E-state index contributed by atoms with van der Waals surface area (Å²) in [5.41, 5.74) is 2.35. The summed E-state index contributed by atoms with van der Waals surface area (Å²) in [5, 5.41) is 9.20. The molecule has 0 spiro atoms. The normalized spacial score (nSPS) is 25.9. The van der Waals surface area contributed by atoms with Gasteiger partial charge in [0.25, 0.3) is 0 Å². The molecule has 1 fully saturated rings. The van der Waals surface area contributed by atoms with Crippen LogP contribution in [-0.2, 0) is 4.79 Å². The SMILES string of the molecule is CC(C)c1cccc([C@@H]2[C@@H](C(=O)O)C2(C)C)c1. The van der Waals surface area contributed by atoms with Gasteiger partial charge >= 0.3 is 5.97 Å². The highest BCUT2D eigenvalue weighted by Gasteiger charge is 2.62. The summed E-state index contributed by atoms with van der Waals surface area (Å²) in [6, 6.07) is 8.37. The quantitative estimate of drug-likeness (QED) is 0.864. The monoisotopic (exact) mass is 232 g/mol. The second kappa shape index (κ2) is 3.86. The lowest BCUT2D eigenvalue weighted by atomic mass is 9.96. The first-order valence-electron chi connectivity index (χ1n) is 6.18. The van der Waals surface area contributed by atoms with Gasteiger partial charge in [0, 0.05) is 5.92 Å². The lowest BCUT2D eigenvalue weighted by Gasteiger charge is -2.08. The zero-order chi connectivity index (χ0) is 12.8. The number of hydrogen-bond donors (Lipinski definition) is 1. The molecule has 0 amide bonds. The van der Waals surface area contributed by atoms with Gasteiger partial charge in [-0.25, -0.2) is 0 Å². The first-order valence-corrected chi connectivity index (χ1v) is 6.18. The summed E-state index contributed by atoms with van der Waals surface area (Å²) in [6.07, 6.45) is 0. The van der Waals surface area contributed by atoms with E-state index in [0.29, 0.717) is 5.92 Å². The minimum absolute atomic E-state index is 0.110. The lowest BCUT2D eigenvalue weighted by Crippen LogP contribution is -2.03. The molecule has 0 unspecified atom stereocenters. The van der Waals surface area contributed by atoms with Gasteiger partial charge < -0.3 is 5.11 Å². The maximum absolute atomic E-state index is 11.2. The molecular weight excluding hydrogens is 212 g/mol. The summed E-state index contributed by atoms with van der Waals surface area (Å²) in [7, 11) is 0. The van der Waals surface area contributed by atoms with Crippen LogP contribution >= 0.6 is 0 Å². The van der Waals surface area contributed by atoms with Crippen LogP contribution in [0.2, 0.25) is 0 Å². The average molecular weight is 232 g/mol. The van der Waals surface area contributed by atoms with Gasteiger partial charge in [0.15, 0.2) is 0 Å². The number of carbonyl (C=O) groups is 1. The summed E-state index contributed by atoms with van der Waals surface area (Å²) in [6.45, 7) is 8.40. The summed E-state index contributed by atoms with van der Waals surface area (Å²) < 4.78 is 0. The van der Waals surface area contributed by atoms with Crippen molar-refractivity contribution < 1.29 is 9.90 Å². The number of benzene rings is 1. The topological polar surface area (TPSA) is 37.3 Å². The van der Waals surface area contributed by atoms with Crippen LogP contribution in [-0.4, -0.2) is 11.1 Å². The highest BCUT2D eigenvalue weighted by atomic mass is 16.4. The molecule has 1 saturated carbocycles. The Labute approximate surface area is 103 Å². The van der Waals surface area contributed by atoms with Crippen molar-refractivity contribution in [1.29, 1.82) is 0 Å². The van der Waals surface area contributed by atoms with Crippen LogP contribution in [0.4, 0.5) is 0 Å². The van der Waals surface area contributed by atoms with E-state index in [1.165, 1.54) is 11.1 Å². The zero-order valence-electron chi connectivity index (χ0n) is 10.9. The van der Waals surface area contributed by atoms with E-state index in [2.05, 4.69) is 32.0 Å². The van der Waals surface area contributed by atoms with Crippen LogP contribution in [0.5, 0.6) is 0 Å². The van der Waals surface area contributed by atoms with Gasteiger partial charge in [-0.3, -0.25) is 4.79 Å². The molecular formula is C15H20O2. The first-order chi connectivity index (χ1) is 7.85. The Bertz CT molecular complexity index is 446. The maximum atomic E-state index is 11.2. The number of carboxylic acid groups (broad SMARTS) is 1. The maximum Gasteiger partial charge on any atom is 0.307 e. The summed E-state index contributed by atoms with van der Waals surface area (Å²) in [4.78, 5) is 11.2. The molecule has 1 aliphatic carbocycles. The van der Waals surface area contributed by atoms with E-state index < -0.39 is 5.97 Å². The van der Waals surface area contributed by atoms with E-state index in [4.69, 9.17) is 0 Å². The van der Waals surface area contributed by atoms with E-state index in [0.717, 1.165) is 0 Å². The van der Waals surface area contributed by atoms with Gasteiger partial charge in [-0.1, -0.05) is 52.0 Å². The highest BCUT2D eigenvalue weighted by Crippen LogP contribution is 2.64. The third-order valence-corrected chi connectivity index (χ3v) is 4.03. The van der Waals surface area contributed by atoms with E-state index >= 15 is 0 Å². The molecule has 2 rings (SSSR count). The van der Waals surface area contributed by atoms with Gasteiger partial charge in [0.05, 0.1) is 5.92 Å². The first kappa shape index (κ1) is 12.2. The van der Waals surface area contributed by atoms with Crippen LogP contribution in [0.1, 0.15) is 50.7 Å². The van der Waals surface area contributed by atoms with Crippen molar-refractivity contribution in [2.45, 2.75) is 39.5 Å². The predicted molar refractivity (Wildman–Crippen MR) is 68.2 cm³/mol. The van der Waals surface area contributed by atoms with Crippen molar-refractivity contribution in [2.24, 2.45) is 11.3 Å². The second-order valence-corrected chi connectivity index (χ2v) is 5.94. The largest absolute Gasteiger partial charge is 0.481 e. The van der Waals surface area contributed by atoms with Crippen molar-refractivity contribution in [1.82, 2.24) is 0 Å². The number of carboxylic acids is 1. The molecule has 1 aromatic rings. The Hall–Kier alpha value is -1.31. The highest BCUT2D eigenvalue weighted by molar-refractivity contribution is 5.77. The third kappa shape index (κ3) is 1.97. The summed E-state index contributed by atoms with van der Waals surface area (Å²) in [5.74, 6) is -0.251. The van der Waals surface area contributed by atoms with Crippen molar-refractivity contribution in [3.63, 3.8) is 0 Å². The van der Waals surface area contributed by atoms with Crippen molar-refractivity contribution in [2.75, 3.05) is 0 Å². The van der Waals surface area contributed by atoms with Gasteiger partial charge in [-0.05, 0) is 22.5 Å². The Morgan fingerprint density at radius 3 is 2.47 bits per heavy atom. The minimum Gasteiger partial charge on any atom is -0.481 e. The van der Waals surface area contributed by atoms with Crippen molar-refractivity contribution >= 4 is 5.97 Å². The fraction of sp³-hybridized carbons (Fsp3) is 0.533. The molecule has 0 heterocycles. The molecule has 2 heteroatoms. The molecule has 1 N–H and O–H groups in total. The fourth-order valence-corrected chi connectivity index (χ4v) is 2.83. The molecule has 0 saturated heterocycles. The van der Waals surface area contributed by atoms with Gasteiger partial charge in [0.2, 0.25) is 0 Å². The smallest absolute Gasteiger partial charge is 0.307 e. The Kier molecular flexibility index (Phi) is 2.76. The second-order valence-electron chi connectivity index (χ2n) is 5.94. The third-order valence-electron chi connectivity index (χ3n) is 4.03. The molecule has 0 radical (unpaired) electrons. The molecule has 17 heavy (non-hydrogen) atoms. The molecule has 2 atom stereocenters. The molecule has 1 aliphatic rings. The number of hydrogen-bond acceptors (Lipinski definition) is 1. The number of aliphatic carboxylic acids is 1. The van der Waals surface area contributed by atoms with Gasteiger partial charge in [-0.2, -0.15) is 0 Å². The van der Waals surface area contributed by atoms with E-state index in [1.54, 1.807) is 0 Å². The molecule has 0 bridgehead atoms. The van der Waals surface area contributed by atoms with Crippen LogP contribution in [0.15, 0.2) is 24.3 Å². The molecule has 0 aliphatic heterocycles. The van der Waals surface area contributed by atoms with Crippen LogP contribution in [0.3, 0.4) is 0 Å². The van der Waals surface area contributed by atoms with E-state index in [9.17, 15) is 9.90 Å². The molecule has 92 valence electrons. The van der Waals surface area contributed by atoms with Crippen LogP contribution in [0, 0.1) is 11.3 Å². The Morgan fingerprint density at radius 1 is 1.35 bits per heavy atom. The fourth-order valence-electron chi connectivity index (χ4n) is 2.83. The minimum atomic E-state index is -0.671. The Morgan fingerprint density at radius 2 is 2.00 bits per heavy atom. The van der Waals surface area contributed by atoms with Crippen molar-refractivity contribution in [3.8, 4) is 0 Å². The van der Waals surface area contributed by atoms with E-state index in [-0.39, 0.29) is 17.3 Å². The standard InChI is InChI=1S/C15H20O2/c1-9(2)10-6-5-7-11(8-10)12-13(14(16)17)15(12,3)4/h5-9,12-13H,1-4H3,(H,16,17)/t12-,13+/m1/s1. The number of rotatable bonds is 3. The predicted octanol–water partition coefficient (Wildman–Crippen LogP) is 3.63. The lowest BCUT2D eigenvalue weighted by molar-refractivity contribution is -0.139. The van der Waals surface area contributed by atoms with Gasteiger partial charge in [0.1, 0.15) is 0 Å². The van der Waals surface area contributed by atoms with Crippen LogP contribution in [0.25, 0.3) is 0 Å². The van der Waals surface area contributed by atoms with Crippen LogP contribution < -0.4 is 0 Å².